The van der Waals surface area contributed by atoms with Crippen LogP contribution in [-0.2, 0) is 11.3 Å². The molecule has 9 heteroatoms. The van der Waals surface area contributed by atoms with Gasteiger partial charge in [-0.05, 0) is 41.8 Å². The lowest BCUT2D eigenvalue weighted by atomic mass is 9.77. The molecule has 2 aliphatic rings. The summed E-state index contributed by atoms with van der Waals surface area (Å²) in [6.45, 7) is 3.08. The van der Waals surface area contributed by atoms with E-state index in [0.29, 0.717) is 22.2 Å². The second-order valence-electron chi connectivity index (χ2n) is 8.17. The lowest BCUT2D eigenvalue weighted by molar-refractivity contribution is -0.131. The Bertz CT molecular complexity index is 1140. The largest absolute Gasteiger partial charge is 0.413 e. The van der Waals surface area contributed by atoms with Gasteiger partial charge >= 0.3 is 6.18 Å². The topological polar surface area (TPSA) is 42.3 Å². The molecule has 1 aliphatic heterocycles. The number of aromatic nitrogens is 1. The maximum absolute atomic E-state index is 13.6. The maximum Gasteiger partial charge on any atom is 0.413 e. The molecule has 3 heterocycles. The molecule has 2 aromatic rings. The molecule has 0 N–H and O–H groups in total. The van der Waals surface area contributed by atoms with E-state index < -0.39 is 35.3 Å². The number of thiophene rings is 1. The molecule has 1 aliphatic carbocycles. The van der Waals surface area contributed by atoms with Crippen molar-refractivity contribution in [2.75, 3.05) is 13.1 Å². The van der Waals surface area contributed by atoms with E-state index in [0.717, 1.165) is 0 Å². The molecule has 166 valence electrons. The van der Waals surface area contributed by atoms with Gasteiger partial charge in [-0.1, -0.05) is 19.1 Å². The summed E-state index contributed by atoms with van der Waals surface area (Å²) in [6.07, 6.45) is -0.529. The van der Waals surface area contributed by atoms with Gasteiger partial charge in [0.15, 0.2) is 0 Å². The monoisotopic (exact) mass is 454 g/mol. The normalized spacial score (nSPS) is 24.5. The highest BCUT2D eigenvalue weighted by atomic mass is 32.1. The number of amides is 1. The van der Waals surface area contributed by atoms with E-state index >= 15 is 0 Å². The molecule has 3 atom stereocenters. The third-order valence-corrected chi connectivity index (χ3v) is 7.12. The maximum atomic E-state index is 13.6. The predicted octanol–water partition coefficient (Wildman–Crippen LogP) is 4.80. The molecular weight excluding hydrogens is 432 g/mol. The molecule has 3 unspecified atom stereocenters. The summed E-state index contributed by atoms with van der Waals surface area (Å²) in [7, 11) is 0. The van der Waals surface area contributed by atoms with Gasteiger partial charge in [-0.25, -0.2) is 4.39 Å². The van der Waals surface area contributed by atoms with Crippen LogP contribution in [0.4, 0.5) is 17.6 Å². The third-order valence-electron chi connectivity index (χ3n) is 6.15. The van der Waals surface area contributed by atoms with E-state index in [1.165, 1.54) is 46.9 Å². The number of allylic oxidation sites excluding steroid dienone is 4. The first kappa shape index (κ1) is 21.8. The molecule has 1 saturated heterocycles. The van der Waals surface area contributed by atoms with E-state index in [2.05, 4.69) is 0 Å². The number of hydrogen-bond acceptors (Lipinski definition) is 3. The van der Waals surface area contributed by atoms with Crippen LogP contribution in [0.1, 0.15) is 31.7 Å². The van der Waals surface area contributed by atoms with Gasteiger partial charge in [0.1, 0.15) is 12.7 Å². The SMILES string of the molecule is CC1=C(C(F)(F)F)C(C)C(c2csc3ccn(CC(=O)N4CCC(F)C4)c(=O)c23)C=C1. The standard InChI is InChI=1S/C22H22F4N2O2S/c1-12-3-4-15(13(2)20(12)22(24,25)26)16-11-31-17-6-8-28(21(30)19(16)17)10-18(29)27-7-5-14(23)9-27/h3-4,6,8,11,13-15H,5,7,9-10H2,1-2H3. The molecule has 0 saturated carbocycles. The molecule has 31 heavy (non-hydrogen) atoms. The van der Waals surface area contributed by atoms with Crippen LogP contribution in [0.5, 0.6) is 0 Å². The van der Waals surface area contributed by atoms with Gasteiger partial charge in [-0.2, -0.15) is 13.2 Å². The highest BCUT2D eigenvalue weighted by Gasteiger charge is 2.42. The lowest BCUT2D eigenvalue weighted by Gasteiger charge is -2.30. The van der Waals surface area contributed by atoms with Crippen molar-refractivity contribution < 1.29 is 22.4 Å². The van der Waals surface area contributed by atoms with E-state index in [9.17, 15) is 27.2 Å². The van der Waals surface area contributed by atoms with Gasteiger partial charge < -0.3 is 9.47 Å². The molecule has 1 fully saturated rings. The summed E-state index contributed by atoms with van der Waals surface area (Å²) in [5.74, 6) is -1.79. The first-order valence-electron chi connectivity index (χ1n) is 10.1. The average Bonchev–Trinajstić information content (AvgIpc) is 3.30. The van der Waals surface area contributed by atoms with Crippen molar-refractivity contribution in [3.8, 4) is 0 Å². The van der Waals surface area contributed by atoms with Gasteiger partial charge in [0, 0.05) is 28.9 Å². The lowest BCUT2D eigenvalue weighted by Crippen LogP contribution is -2.35. The number of nitrogens with zero attached hydrogens (tertiary/aromatic N) is 2. The van der Waals surface area contributed by atoms with Crippen molar-refractivity contribution >= 4 is 27.3 Å². The number of likely N-dealkylation sites (tertiary alicyclic amines) is 1. The third kappa shape index (κ3) is 3.95. The molecular formula is C22H22F4N2O2S. The molecule has 4 nitrogen and oxygen atoms in total. The first-order valence-corrected chi connectivity index (χ1v) is 10.9. The number of halogens is 4. The zero-order valence-electron chi connectivity index (χ0n) is 17.1. The Labute approximate surface area is 180 Å². The van der Waals surface area contributed by atoms with Gasteiger partial charge in [0.2, 0.25) is 5.91 Å². The molecule has 0 bridgehead atoms. The minimum Gasteiger partial charge on any atom is -0.338 e. The predicted molar refractivity (Wildman–Crippen MR) is 112 cm³/mol. The van der Waals surface area contributed by atoms with Crippen molar-refractivity contribution in [3.05, 3.63) is 56.9 Å². The Morgan fingerprint density at radius 1 is 1.32 bits per heavy atom. The number of rotatable bonds is 3. The summed E-state index contributed by atoms with van der Waals surface area (Å²) >= 11 is 1.30. The Morgan fingerprint density at radius 3 is 2.71 bits per heavy atom. The van der Waals surface area contributed by atoms with Crippen LogP contribution in [-0.4, -0.2) is 40.8 Å². The van der Waals surface area contributed by atoms with Crippen LogP contribution in [0.25, 0.3) is 10.1 Å². The van der Waals surface area contributed by atoms with Crippen molar-refractivity contribution in [2.45, 2.75) is 45.1 Å². The number of carbonyl (C=O) groups excluding carboxylic acids is 1. The van der Waals surface area contributed by atoms with Crippen molar-refractivity contribution in [1.82, 2.24) is 9.47 Å². The summed E-state index contributed by atoms with van der Waals surface area (Å²) < 4.78 is 56.2. The van der Waals surface area contributed by atoms with Gasteiger partial charge in [-0.15, -0.1) is 11.3 Å². The van der Waals surface area contributed by atoms with Crippen LogP contribution in [0, 0.1) is 5.92 Å². The van der Waals surface area contributed by atoms with Crippen LogP contribution < -0.4 is 5.56 Å². The number of pyridine rings is 1. The molecule has 2 aromatic heterocycles. The van der Waals surface area contributed by atoms with Crippen LogP contribution in [0.3, 0.4) is 0 Å². The quantitative estimate of drug-likeness (QED) is 0.626. The number of carbonyl (C=O) groups is 1. The fourth-order valence-corrected chi connectivity index (χ4v) is 5.56. The summed E-state index contributed by atoms with van der Waals surface area (Å²) in [4.78, 5) is 27.1. The Morgan fingerprint density at radius 2 is 2.06 bits per heavy atom. The van der Waals surface area contributed by atoms with E-state index in [-0.39, 0.29) is 31.0 Å². The Kier molecular flexibility index (Phi) is 5.57. The molecule has 4 rings (SSSR count). The molecule has 1 amide bonds. The van der Waals surface area contributed by atoms with Crippen molar-refractivity contribution in [1.29, 1.82) is 0 Å². The summed E-state index contributed by atoms with van der Waals surface area (Å²) in [6, 6.07) is 1.70. The van der Waals surface area contributed by atoms with Crippen LogP contribution in [0.15, 0.2) is 45.7 Å². The second-order valence-corrected chi connectivity index (χ2v) is 9.08. The number of fused-ring (bicyclic) bond motifs is 1. The van der Waals surface area contributed by atoms with Gasteiger partial charge in [-0.3, -0.25) is 9.59 Å². The van der Waals surface area contributed by atoms with Crippen molar-refractivity contribution in [3.63, 3.8) is 0 Å². The number of alkyl halides is 4. The zero-order valence-corrected chi connectivity index (χ0v) is 17.9. The Balaban J connectivity index is 1.69. The van der Waals surface area contributed by atoms with Crippen molar-refractivity contribution in [2.24, 2.45) is 5.92 Å². The molecule has 0 spiro atoms. The smallest absolute Gasteiger partial charge is 0.338 e. The van der Waals surface area contributed by atoms with Gasteiger partial charge in [0.05, 0.1) is 11.9 Å². The van der Waals surface area contributed by atoms with E-state index in [4.69, 9.17) is 0 Å². The average molecular weight is 454 g/mol. The van der Waals surface area contributed by atoms with Gasteiger partial charge in [0.25, 0.3) is 5.56 Å². The minimum absolute atomic E-state index is 0.0236. The van der Waals surface area contributed by atoms with Crippen LogP contribution >= 0.6 is 11.3 Å². The fraction of sp³-hybridized carbons (Fsp3) is 0.455. The highest BCUT2D eigenvalue weighted by Crippen LogP contribution is 2.46. The van der Waals surface area contributed by atoms with E-state index in [1.54, 1.807) is 17.5 Å². The highest BCUT2D eigenvalue weighted by molar-refractivity contribution is 7.17. The summed E-state index contributed by atoms with van der Waals surface area (Å²) in [5, 5.41) is 2.07. The first-order chi connectivity index (χ1) is 14.6. The molecule has 0 radical (unpaired) electrons. The summed E-state index contributed by atoms with van der Waals surface area (Å²) in [5.41, 5.74) is -0.288. The zero-order chi connectivity index (χ0) is 22.5. The Hall–Kier alpha value is -2.42. The number of hydrogen-bond donors (Lipinski definition) is 0. The minimum atomic E-state index is -4.45. The van der Waals surface area contributed by atoms with E-state index in [1.807, 2.05) is 0 Å². The fourth-order valence-electron chi connectivity index (χ4n) is 4.57. The molecule has 0 aromatic carbocycles. The van der Waals surface area contributed by atoms with Crippen LogP contribution in [0.2, 0.25) is 0 Å². The second kappa shape index (κ2) is 7.93.